The van der Waals surface area contributed by atoms with Crippen molar-refractivity contribution in [3.8, 4) is 0 Å². The van der Waals surface area contributed by atoms with Gasteiger partial charge in [0.1, 0.15) is 12.0 Å². The highest BCUT2D eigenvalue weighted by Gasteiger charge is 2.22. The van der Waals surface area contributed by atoms with Crippen LogP contribution < -0.4 is 5.32 Å². The fraction of sp³-hybridized carbons (Fsp3) is 0.545. The van der Waals surface area contributed by atoms with Gasteiger partial charge in [-0.1, -0.05) is 0 Å². The summed E-state index contributed by atoms with van der Waals surface area (Å²) in [7, 11) is 0. The van der Waals surface area contributed by atoms with Crippen molar-refractivity contribution in [3.63, 3.8) is 0 Å². The van der Waals surface area contributed by atoms with Gasteiger partial charge in [0.25, 0.3) is 5.69 Å². The molecule has 0 radical (unpaired) electrons. The lowest BCUT2D eigenvalue weighted by Crippen LogP contribution is -2.13. The maximum Gasteiger partial charge on any atom is 0.287 e. The molecule has 1 aliphatic carbocycles. The van der Waals surface area contributed by atoms with E-state index in [4.69, 9.17) is 0 Å². The second-order valence-corrected chi connectivity index (χ2v) is 4.37. The van der Waals surface area contributed by atoms with E-state index in [0.29, 0.717) is 11.7 Å². The van der Waals surface area contributed by atoms with Crippen molar-refractivity contribution in [1.29, 1.82) is 0 Å². The van der Waals surface area contributed by atoms with Crippen molar-refractivity contribution in [3.05, 3.63) is 28.4 Å². The Morgan fingerprint density at radius 3 is 2.88 bits per heavy atom. The van der Waals surface area contributed by atoms with Gasteiger partial charge in [-0.05, 0) is 31.2 Å². The van der Waals surface area contributed by atoms with Gasteiger partial charge in [0.2, 0.25) is 0 Å². The molecule has 1 aromatic rings. The predicted molar refractivity (Wildman–Crippen MR) is 62.7 cm³/mol. The van der Waals surface area contributed by atoms with E-state index in [1.807, 2.05) is 0 Å². The molecule has 0 amide bonds. The summed E-state index contributed by atoms with van der Waals surface area (Å²) in [4.78, 5) is 13.9. The van der Waals surface area contributed by atoms with E-state index in [1.54, 1.807) is 6.07 Å². The topological polar surface area (TPSA) is 88.3 Å². The van der Waals surface area contributed by atoms with E-state index in [1.165, 1.54) is 12.3 Å². The van der Waals surface area contributed by atoms with Gasteiger partial charge in [0.05, 0.1) is 11.0 Å². The normalized spacial score (nSPS) is 23.6. The van der Waals surface area contributed by atoms with Crippen molar-refractivity contribution in [1.82, 2.24) is 4.98 Å². The number of pyridine rings is 1. The molecule has 1 aromatic heterocycles. The Morgan fingerprint density at radius 1 is 1.53 bits per heavy atom. The maximum atomic E-state index is 10.4. The highest BCUT2D eigenvalue weighted by atomic mass is 16.6. The zero-order chi connectivity index (χ0) is 12.3. The summed E-state index contributed by atoms with van der Waals surface area (Å²) in [6.45, 7) is 0.752. The van der Waals surface area contributed by atoms with Gasteiger partial charge in [-0.25, -0.2) is 4.98 Å². The number of nitro groups is 1. The quantitative estimate of drug-likeness (QED) is 0.612. The van der Waals surface area contributed by atoms with Crippen molar-refractivity contribution < 1.29 is 10.0 Å². The minimum atomic E-state index is -0.468. The lowest BCUT2D eigenvalue weighted by atomic mass is 10.1. The van der Waals surface area contributed by atoms with Crippen LogP contribution >= 0.6 is 0 Å². The van der Waals surface area contributed by atoms with Crippen LogP contribution in [0.15, 0.2) is 18.3 Å². The predicted octanol–water partition coefficient (Wildman–Crippen LogP) is 1.56. The number of rotatable bonds is 4. The molecule has 2 unspecified atom stereocenters. The number of hydrogen-bond donors (Lipinski definition) is 2. The van der Waals surface area contributed by atoms with E-state index >= 15 is 0 Å². The van der Waals surface area contributed by atoms with E-state index in [-0.39, 0.29) is 11.8 Å². The number of aromatic nitrogens is 1. The number of nitrogens with zero attached hydrogens (tertiary/aromatic N) is 2. The second-order valence-electron chi connectivity index (χ2n) is 4.37. The number of aliphatic hydroxyl groups excluding tert-OH is 1. The van der Waals surface area contributed by atoms with E-state index in [9.17, 15) is 15.2 Å². The Bertz CT molecular complexity index is 393. The molecule has 0 saturated heterocycles. The summed E-state index contributed by atoms with van der Waals surface area (Å²) in [5.74, 6) is 1.10. The van der Waals surface area contributed by atoms with Crippen LogP contribution in [0.2, 0.25) is 0 Å². The molecule has 0 aliphatic heterocycles. The van der Waals surface area contributed by atoms with Gasteiger partial charge in [0.15, 0.2) is 0 Å². The molecule has 1 saturated carbocycles. The highest BCUT2D eigenvalue weighted by Crippen LogP contribution is 2.25. The largest absolute Gasteiger partial charge is 0.393 e. The van der Waals surface area contributed by atoms with Crippen LogP contribution in [-0.4, -0.2) is 27.7 Å². The van der Waals surface area contributed by atoms with Gasteiger partial charge in [-0.2, -0.15) is 0 Å². The molecule has 0 aromatic carbocycles. The van der Waals surface area contributed by atoms with Gasteiger partial charge < -0.3 is 10.4 Å². The number of nitrogens with one attached hydrogen (secondary N) is 1. The molecule has 6 heteroatoms. The SMILES string of the molecule is O=[N+]([O-])c1ccc(NCC2CCC(O)C2)nc1. The molecule has 1 aliphatic rings. The number of anilines is 1. The van der Waals surface area contributed by atoms with Crippen LogP contribution in [0.1, 0.15) is 19.3 Å². The van der Waals surface area contributed by atoms with E-state index in [2.05, 4.69) is 10.3 Å². The fourth-order valence-corrected chi connectivity index (χ4v) is 2.08. The average molecular weight is 237 g/mol. The van der Waals surface area contributed by atoms with Crippen molar-refractivity contribution in [2.24, 2.45) is 5.92 Å². The van der Waals surface area contributed by atoms with Crippen molar-refractivity contribution in [2.75, 3.05) is 11.9 Å². The standard InChI is InChI=1S/C11H15N3O3/c15-10-3-1-8(5-10)6-12-11-4-2-9(7-13-11)14(16)17/h2,4,7-8,10,15H,1,3,5-6H2,(H,12,13). The molecule has 0 bridgehead atoms. The first-order valence-electron chi connectivity index (χ1n) is 5.67. The van der Waals surface area contributed by atoms with Crippen LogP contribution in [0.5, 0.6) is 0 Å². The molecule has 0 spiro atoms. The summed E-state index contributed by atoms with van der Waals surface area (Å²) < 4.78 is 0. The molecule has 1 heterocycles. The summed E-state index contributed by atoms with van der Waals surface area (Å²) in [5.41, 5.74) is -0.00756. The van der Waals surface area contributed by atoms with Crippen LogP contribution in [0.4, 0.5) is 11.5 Å². The third-order valence-electron chi connectivity index (χ3n) is 3.04. The Morgan fingerprint density at radius 2 is 2.35 bits per heavy atom. The highest BCUT2D eigenvalue weighted by molar-refractivity contribution is 5.40. The third-order valence-corrected chi connectivity index (χ3v) is 3.04. The minimum absolute atomic E-state index is 0.00756. The van der Waals surface area contributed by atoms with Gasteiger partial charge in [-0.15, -0.1) is 0 Å². The second kappa shape index (κ2) is 5.09. The number of hydrogen-bond acceptors (Lipinski definition) is 5. The third kappa shape index (κ3) is 3.13. The lowest BCUT2D eigenvalue weighted by Gasteiger charge is -2.10. The fourth-order valence-electron chi connectivity index (χ4n) is 2.08. The van der Waals surface area contributed by atoms with Gasteiger partial charge in [-0.3, -0.25) is 10.1 Å². The molecule has 92 valence electrons. The first-order valence-corrected chi connectivity index (χ1v) is 5.67. The van der Waals surface area contributed by atoms with Gasteiger partial charge in [0, 0.05) is 12.6 Å². The Hall–Kier alpha value is -1.69. The van der Waals surface area contributed by atoms with Crippen molar-refractivity contribution >= 4 is 11.5 Å². The van der Waals surface area contributed by atoms with Crippen LogP contribution in [0, 0.1) is 16.0 Å². The summed E-state index contributed by atoms with van der Waals surface area (Å²) in [6.07, 6.45) is 3.76. The first-order chi connectivity index (χ1) is 8.15. The molecule has 2 rings (SSSR count). The molecule has 6 nitrogen and oxygen atoms in total. The monoisotopic (exact) mass is 237 g/mol. The average Bonchev–Trinajstić information content (AvgIpc) is 2.73. The van der Waals surface area contributed by atoms with E-state index in [0.717, 1.165) is 25.8 Å². The molecule has 1 fully saturated rings. The van der Waals surface area contributed by atoms with Crippen LogP contribution in [0.3, 0.4) is 0 Å². The smallest absolute Gasteiger partial charge is 0.287 e. The van der Waals surface area contributed by atoms with E-state index < -0.39 is 4.92 Å². The number of aliphatic hydroxyl groups is 1. The van der Waals surface area contributed by atoms with Gasteiger partial charge >= 0.3 is 0 Å². The Kier molecular flexibility index (Phi) is 3.53. The molecule has 17 heavy (non-hydrogen) atoms. The molecular weight excluding hydrogens is 222 g/mol. The zero-order valence-corrected chi connectivity index (χ0v) is 9.37. The summed E-state index contributed by atoms with van der Waals surface area (Å²) in [6, 6.07) is 3.03. The van der Waals surface area contributed by atoms with Crippen LogP contribution in [0.25, 0.3) is 0 Å². The maximum absolute atomic E-state index is 10.4. The zero-order valence-electron chi connectivity index (χ0n) is 9.37. The molecule has 2 N–H and O–H groups in total. The summed E-state index contributed by atoms with van der Waals surface area (Å²) >= 11 is 0. The molecular formula is C11H15N3O3. The first kappa shape index (κ1) is 11.8. The Labute approximate surface area is 98.8 Å². The Balaban J connectivity index is 1.85. The lowest BCUT2D eigenvalue weighted by molar-refractivity contribution is -0.385. The van der Waals surface area contributed by atoms with Crippen molar-refractivity contribution in [2.45, 2.75) is 25.4 Å². The summed E-state index contributed by atoms with van der Waals surface area (Å²) in [5, 5.41) is 22.9. The molecule has 2 atom stereocenters. The van der Waals surface area contributed by atoms with Crippen LogP contribution in [-0.2, 0) is 0 Å². The minimum Gasteiger partial charge on any atom is -0.393 e.